The summed E-state index contributed by atoms with van der Waals surface area (Å²) in [5.74, 6) is -0.556. The Morgan fingerprint density at radius 3 is 1.68 bits per heavy atom. The van der Waals surface area contributed by atoms with Crippen molar-refractivity contribution in [3.05, 3.63) is 83.9 Å². The summed E-state index contributed by atoms with van der Waals surface area (Å²) in [6, 6.07) is 20.7. The van der Waals surface area contributed by atoms with Crippen molar-refractivity contribution >= 4 is 17.6 Å². The molecule has 3 aromatic rings. The lowest BCUT2D eigenvalue weighted by molar-refractivity contribution is -0.206. The van der Waals surface area contributed by atoms with E-state index in [1.54, 1.807) is 12.1 Å². The molecule has 1 atom stereocenters. The van der Waals surface area contributed by atoms with Crippen molar-refractivity contribution in [3.63, 3.8) is 0 Å². The van der Waals surface area contributed by atoms with Crippen molar-refractivity contribution in [1.82, 2.24) is 0 Å². The van der Waals surface area contributed by atoms with E-state index in [1.807, 2.05) is 36.4 Å². The molecule has 0 fully saturated rings. The first kappa shape index (κ1) is 37.6. The molecule has 0 aliphatic carbocycles. The zero-order chi connectivity index (χ0) is 33.9. The van der Waals surface area contributed by atoms with E-state index in [0.29, 0.717) is 30.7 Å². The average Bonchev–Trinajstić information content (AvgIpc) is 3.07. The van der Waals surface area contributed by atoms with Crippen LogP contribution in [0.2, 0.25) is 0 Å². The van der Waals surface area contributed by atoms with Gasteiger partial charge in [0.05, 0.1) is 12.2 Å². The quantitative estimate of drug-likeness (QED) is 0.0918. The van der Waals surface area contributed by atoms with Crippen LogP contribution in [0.3, 0.4) is 0 Å². The van der Waals surface area contributed by atoms with Gasteiger partial charge in [-0.3, -0.25) is 4.79 Å². The van der Waals surface area contributed by atoms with Gasteiger partial charge in [-0.25, -0.2) is 4.79 Å². The summed E-state index contributed by atoms with van der Waals surface area (Å²) in [6.45, 7) is 5.01. The summed E-state index contributed by atoms with van der Waals surface area (Å²) in [4.78, 5) is 25.3. The molecule has 47 heavy (non-hydrogen) atoms. The molecule has 0 radical (unpaired) electrons. The molecule has 0 aliphatic rings. The molecule has 0 saturated heterocycles. The number of ether oxygens (including phenoxy) is 2. The molecule has 3 aromatic carbocycles. The van der Waals surface area contributed by atoms with Gasteiger partial charge >= 0.3 is 12.1 Å². The summed E-state index contributed by atoms with van der Waals surface area (Å²) < 4.78 is 51.2. The molecule has 0 heterocycles. The van der Waals surface area contributed by atoms with Gasteiger partial charge in [-0.2, -0.15) is 13.2 Å². The Morgan fingerprint density at radius 2 is 1.13 bits per heavy atom. The smallest absolute Gasteiger partial charge is 0.425 e. The zero-order valence-corrected chi connectivity index (χ0v) is 27.9. The van der Waals surface area contributed by atoms with Crippen LogP contribution in [0.4, 0.5) is 18.9 Å². The predicted molar refractivity (Wildman–Crippen MR) is 183 cm³/mol. The number of hydrogen-bond acceptors (Lipinski definition) is 4. The molecular formula is C39H50F3NO4. The number of halogens is 3. The molecule has 256 valence electrons. The minimum atomic E-state index is -4.63. The van der Waals surface area contributed by atoms with E-state index < -0.39 is 18.2 Å². The second-order valence-electron chi connectivity index (χ2n) is 12.1. The maximum atomic E-state index is 13.5. The molecule has 0 aromatic heterocycles. The lowest BCUT2D eigenvalue weighted by Gasteiger charge is -2.20. The average molecular weight is 654 g/mol. The van der Waals surface area contributed by atoms with Crippen LogP contribution in [-0.4, -0.2) is 30.8 Å². The van der Waals surface area contributed by atoms with E-state index in [4.69, 9.17) is 9.47 Å². The van der Waals surface area contributed by atoms with E-state index in [-0.39, 0.29) is 17.9 Å². The van der Waals surface area contributed by atoms with Crippen molar-refractivity contribution in [3.8, 4) is 16.9 Å². The molecule has 3 rings (SSSR count). The number of unbranched alkanes of at least 4 members (excludes halogenated alkanes) is 11. The molecule has 0 spiro atoms. The third-order valence-corrected chi connectivity index (χ3v) is 8.16. The molecule has 1 unspecified atom stereocenters. The van der Waals surface area contributed by atoms with Crippen molar-refractivity contribution in [2.45, 2.75) is 116 Å². The van der Waals surface area contributed by atoms with E-state index in [0.717, 1.165) is 49.0 Å². The van der Waals surface area contributed by atoms with Crippen LogP contribution in [0.5, 0.6) is 5.75 Å². The maximum absolute atomic E-state index is 13.5. The molecule has 1 amide bonds. The van der Waals surface area contributed by atoms with Gasteiger partial charge in [-0.15, -0.1) is 0 Å². The van der Waals surface area contributed by atoms with Gasteiger partial charge in [0.15, 0.2) is 6.10 Å². The Labute approximate surface area is 278 Å². The number of benzene rings is 3. The number of carbonyl (C=O) groups excluding carboxylic acids is 2. The highest BCUT2D eigenvalue weighted by Gasteiger charge is 2.42. The standard InChI is InChI=1S/C39H50F3NO4/c1-3-5-7-9-11-13-15-29-46-35-27-23-31(24-28-35)30-17-19-32(20-18-30)37(44)43-34-25-21-33(22-26-34)38(45)47-36(39(40,41)42)16-14-12-10-8-6-4-2/h17-28,36H,3-16,29H2,1-2H3,(H,43,44). The number of esters is 1. The fourth-order valence-electron chi connectivity index (χ4n) is 5.30. The highest BCUT2D eigenvalue weighted by Crippen LogP contribution is 2.29. The predicted octanol–water partition coefficient (Wildman–Crippen LogP) is 11.6. The van der Waals surface area contributed by atoms with Gasteiger partial charge in [-0.05, 0) is 78.9 Å². The monoisotopic (exact) mass is 653 g/mol. The van der Waals surface area contributed by atoms with E-state index >= 15 is 0 Å². The first-order chi connectivity index (χ1) is 22.7. The fraction of sp³-hybridized carbons (Fsp3) is 0.487. The Kier molecular flexibility index (Phi) is 16.4. The fourth-order valence-corrected chi connectivity index (χ4v) is 5.30. The first-order valence-corrected chi connectivity index (χ1v) is 17.2. The van der Waals surface area contributed by atoms with Crippen LogP contribution in [0, 0.1) is 0 Å². The van der Waals surface area contributed by atoms with Crippen molar-refractivity contribution in [2.75, 3.05) is 11.9 Å². The number of nitrogens with one attached hydrogen (secondary N) is 1. The lowest BCUT2D eigenvalue weighted by Crippen LogP contribution is -2.33. The van der Waals surface area contributed by atoms with Crippen LogP contribution >= 0.6 is 0 Å². The van der Waals surface area contributed by atoms with Crippen LogP contribution in [0.25, 0.3) is 11.1 Å². The Bertz CT molecular complexity index is 1320. The number of anilines is 1. The summed E-state index contributed by atoms with van der Waals surface area (Å²) in [7, 11) is 0. The van der Waals surface area contributed by atoms with E-state index in [2.05, 4.69) is 19.2 Å². The lowest BCUT2D eigenvalue weighted by atomic mass is 10.0. The second kappa shape index (κ2) is 20.4. The summed E-state index contributed by atoms with van der Waals surface area (Å²) in [5, 5.41) is 2.76. The Balaban J connectivity index is 1.45. The van der Waals surface area contributed by atoms with Gasteiger partial charge in [0.1, 0.15) is 5.75 Å². The minimum Gasteiger partial charge on any atom is -0.494 e. The molecule has 8 heteroatoms. The molecule has 0 bridgehead atoms. The van der Waals surface area contributed by atoms with E-state index in [1.165, 1.54) is 62.8 Å². The summed E-state index contributed by atoms with van der Waals surface area (Å²) in [6.07, 6.45) is 6.64. The number of alkyl halides is 3. The Hall–Kier alpha value is -3.81. The number of hydrogen-bond donors (Lipinski definition) is 1. The zero-order valence-electron chi connectivity index (χ0n) is 27.9. The number of amides is 1. The highest BCUT2D eigenvalue weighted by atomic mass is 19.4. The SMILES string of the molecule is CCCCCCCCCOc1ccc(-c2ccc(C(=O)Nc3ccc(C(=O)OC(CCCCCCCC)C(F)(F)F)cc3)cc2)cc1. The highest BCUT2D eigenvalue weighted by molar-refractivity contribution is 6.04. The van der Waals surface area contributed by atoms with Gasteiger partial charge in [-0.1, -0.05) is 109 Å². The van der Waals surface area contributed by atoms with E-state index in [9.17, 15) is 22.8 Å². The van der Waals surface area contributed by atoms with Crippen molar-refractivity contribution in [1.29, 1.82) is 0 Å². The molecule has 5 nitrogen and oxygen atoms in total. The number of carbonyl (C=O) groups is 2. The molecule has 1 N–H and O–H groups in total. The van der Waals surface area contributed by atoms with Crippen LogP contribution in [0.15, 0.2) is 72.8 Å². The largest absolute Gasteiger partial charge is 0.494 e. The Morgan fingerprint density at radius 1 is 0.638 bits per heavy atom. The van der Waals surface area contributed by atoms with Crippen LogP contribution in [0.1, 0.15) is 124 Å². The number of rotatable bonds is 21. The summed E-state index contributed by atoms with van der Waals surface area (Å²) >= 11 is 0. The second-order valence-corrected chi connectivity index (χ2v) is 12.1. The first-order valence-electron chi connectivity index (χ1n) is 17.2. The van der Waals surface area contributed by atoms with Gasteiger partial charge in [0.25, 0.3) is 5.91 Å². The van der Waals surface area contributed by atoms with Gasteiger partial charge in [0.2, 0.25) is 0 Å². The van der Waals surface area contributed by atoms with Crippen molar-refractivity contribution < 1.29 is 32.2 Å². The van der Waals surface area contributed by atoms with Gasteiger partial charge < -0.3 is 14.8 Å². The third kappa shape index (κ3) is 13.8. The maximum Gasteiger partial charge on any atom is 0.425 e. The third-order valence-electron chi connectivity index (χ3n) is 8.16. The summed E-state index contributed by atoms with van der Waals surface area (Å²) in [5.41, 5.74) is 2.79. The minimum absolute atomic E-state index is 0.0150. The molecule has 0 saturated carbocycles. The van der Waals surface area contributed by atoms with Gasteiger partial charge in [0, 0.05) is 11.3 Å². The molecular weight excluding hydrogens is 603 g/mol. The molecule has 0 aliphatic heterocycles. The van der Waals surface area contributed by atoms with Crippen LogP contribution in [-0.2, 0) is 4.74 Å². The van der Waals surface area contributed by atoms with Crippen molar-refractivity contribution in [2.24, 2.45) is 0 Å². The van der Waals surface area contributed by atoms with Crippen LogP contribution < -0.4 is 10.1 Å². The normalized spacial score (nSPS) is 12.0. The topological polar surface area (TPSA) is 64.6 Å².